The lowest BCUT2D eigenvalue weighted by molar-refractivity contribution is 0.563. The van der Waals surface area contributed by atoms with Crippen molar-refractivity contribution in [2.45, 2.75) is 0 Å². The SMILES string of the molecule is O=[C]C1=CNC=CS1. The average Bonchev–Trinajstić information content (AvgIpc) is 1.90. The second-order valence-electron chi connectivity index (χ2n) is 1.20. The first-order valence-corrected chi connectivity index (χ1v) is 2.97. The summed E-state index contributed by atoms with van der Waals surface area (Å²) in [5.74, 6) is 0. The van der Waals surface area contributed by atoms with Crippen molar-refractivity contribution in [3.05, 3.63) is 22.7 Å². The van der Waals surface area contributed by atoms with Crippen LogP contribution in [0.5, 0.6) is 0 Å². The molecule has 3 heteroatoms. The van der Waals surface area contributed by atoms with E-state index in [0.717, 1.165) is 0 Å². The van der Waals surface area contributed by atoms with Gasteiger partial charge in [-0.2, -0.15) is 0 Å². The van der Waals surface area contributed by atoms with Crippen LogP contribution in [0.25, 0.3) is 0 Å². The molecule has 2 nitrogen and oxygen atoms in total. The van der Waals surface area contributed by atoms with Crippen LogP contribution in [0.15, 0.2) is 22.7 Å². The highest BCUT2D eigenvalue weighted by molar-refractivity contribution is 8.06. The molecule has 1 heterocycles. The molecule has 1 N–H and O–H groups in total. The summed E-state index contributed by atoms with van der Waals surface area (Å²) >= 11 is 1.36. The Balaban J connectivity index is 2.55. The monoisotopic (exact) mass is 126 g/mol. The predicted octanol–water partition coefficient (Wildman–Crippen LogP) is 0.745. The molecule has 0 aromatic rings. The zero-order valence-corrected chi connectivity index (χ0v) is 4.87. The number of nitrogens with one attached hydrogen (secondary N) is 1. The van der Waals surface area contributed by atoms with Gasteiger partial charge in [-0.1, -0.05) is 11.8 Å². The van der Waals surface area contributed by atoms with E-state index in [0.29, 0.717) is 4.91 Å². The Bertz CT molecular complexity index is 151. The first-order valence-electron chi connectivity index (χ1n) is 2.09. The fraction of sp³-hybridized carbons (Fsp3) is 0. The standard InChI is InChI=1S/C5H4NOS/c7-4-5-3-6-1-2-8-5/h1-3,6H. The largest absolute Gasteiger partial charge is 0.366 e. The highest BCUT2D eigenvalue weighted by atomic mass is 32.2. The summed E-state index contributed by atoms with van der Waals surface area (Å²) in [6.07, 6.45) is 5.13. The first kappa shape index (κ1) is 5.44. The smallest absolute Gasteiger partial charge is 0.242 e. The van der Waals surface area contributed by atoms with Crippen LogP contribution in [0.2, 0.25) is 0 Å². The van der Waals surface area contributed by atoms with E-state index in [2.05, 4.69) is 5.32 Å². The minimum absolute atomic E-state index is 0.590. The molecular formula is C5H4NOS. The zero-order valence-electron chi connectivity index (χ0n) is 4.05. The number of hydrogen-bond donors (Lipinski definition) is 1. The Hall–Kier alpha value is -0.700. The van der Waals surface area contributed by atoms with Crippen molar-refractivity contribution < 1.29 is 4.79 Å². The predicted molar refractivity (Wildman–Crippen MR) is 33.6 cm³/mol. The van der Waals surface area contributed by atoms with Crippen molar-refractivity contribution in [1.82, 2.24) is 5.32 Å². The van der Waals surface area contributed by atoms with Gasteiger partial charge >= 0.3 is 0 Å². The van der Waals surface area contributed by atoms with E-state index in [1.807, 2.05) is 0 Å². The summed E-state index contributed by atoms with van der Waals surface area (Å²) in [6, 6.07) is 0. The molecule has 0 amide bonds. The molecule has 0 aromatic carbocycles. The molecule has 8 heavy (non-hydrogen) atoms. The van der Waals surface area contributed by atoms with Gasteiger partial charge in [-0.05, 0) is 5.41 Å². The number of hydrogen-bond acceptors (Lipinski definition) is 3. The van der Waals surface area contributed by atoms with Crippen molar-refractivity contribution in [3.63, 3.8) is 0 Å². The van der Waals surface area contributed by atoms with Crippen molar-refractivity contribution in [2.24, 2.45) is 0 Å². The van der Waals surface area contributed by atoms with Crippen LogP contribution in [-0.2, 0) is 4.79 Å². The molecule has 1 radical (unpaired) electrons. The third-order valence-electron chi connectivity index (χ3n) is 0.674. The Morgan fingerprint density at radius 3 is 3.00 bits per heavy atom. The van der Waals surface area contributed by atoms with Gasteiger partial charge in [-0.25, -0.2) is 0 Å². The third-order valence-corrected chi connectivity index (χ3v) is 1.40. The lowest BCUT2D eigenvalue weighted by Gasteiger charge is -1.98. The summed E-state index contributed by atoms with van der Waals surface area (Å²) in [6.45, 7) is 0. The van der Waals surface area contributed by atoms with Crippen molar-refractivity contribution in [3.8, 4) is 0 Å². The van der Waals surface area contributed by atoms with E-state index < -0.39 is 0 Å². The van der Waals surface area contributed by atoms with Gasteiger partial charge in [0, 0.05) is 12.4 Å². The molecular weight excluding hydrogens is 122 g/mol. The molecule has 0 unspecified atom stereocenters. The molecule has 1 rings (SSSR count). The van der Waals surface area contributed by atoms with Crippen molar-refractivity contribution in [2.75, 3.05) is 0 Å². The van der Waals surface area contributed by atoms with Gasteiger partial charge in [0.25, 0.3) is 0 Å². The summed E-state index contributed by atoms with van der Waals surface area (Å²) < 4.78 is 0. The summed E-state index contributed by atoms with van der Waals surface area (Å²) in [5.41, 5.74) is 0. The second kappa shape index (κ2) is 2.57. The number of allylic oxidation sites excluding steroid dienone is 1. The summed E-state index contributed by atoms with van der Waals surface area (Å²) in [7, 11) is 0. The van der Waals surface area contributed by atoms with Crippen LogP contribution in [0.4, 0.5) is 0 Å². The molecule has 0 spiro atoms. The average molecular weight is 126 g/mol. The van der Waals surface area contributed by atoms with Gasteiger partial charge < -0.3 is 5.32 Å². The lowest BCUT2D eigenvalue weighted by atomic mass is 10.6. The summed E-state index contributed by atoms with van der Waals surface area (Å²) in [4.78, 5) is 10.5. The van der Waals surface area contributed by atoms with Gasteiger partial charge in [0.2, 0.25) is 6.29 Å². The lowest BCUT2D eigenvalue weighted by Crippen LogP contribution is -1.97. The first-order chi connectivity index (χ1) is 3.93. The van der Waals surface area contributed by atoms with Crippen LogP contribution < -0.4 is 5.32 Å². The van der Waals surface area contributed by atoms with Crippen LogP contribution in [0.1, 0.15) is 0 Å². The van der Waals surface area contributed by atoms with Crippen LogP contribution in [-0.4, -0.2) is 6.29 Å². The highest BCUT2D eigenvalue weighted by Crippen LogP contribution is 2.15. The Morgan fingerprint density at radius 2 is 2.62 bits per heavy atom. The number of thioether (sulfide) groups is 1. The fourth-order valence-corrected chi connectivity index (χ4v) is 0.835. The van der Waals surface area contributed by atoms with Crippen LogP contribution in [0.3, 0.4) is 0 Å². The van der Waals surface area contributed by atoms with Crippen LogP contribution >= 0.6 is 11.8 Å². The van der Waals surface area contributed by atoms with Crippen LogP contribution in [0, 0.1) is 0 Å². The normalized spacial score (nSPS) is 16.8. The maximum Gasteiger partial charge on any atom is 0.242 e. The number of carbonyl (C=O) groups excluding carboxylic acids is 1. The maximum atomic E-state index is 9.87. The van der Waals surface area contributed by atoms with Gasteiger partial charge in [-0.3, -0.25) is 4.79 Å². The van der Waals surface area contributed by atoms with Gasteiger partial charge in [0.15, 0.2) is 0 Å². The molecule has 0 aromatic heterocycles. The minimum atomic E-state index is 0.590. The van der Waals surface area contributed by atoms with E-state index in [1.54, 1.807) is 24.1 Å². The van der Waals surface area contributed by atoms with Gasteiger partial charge in [0.05, 0.1) is 4.91 Å². The van der Waals surface area contributed by atoms with E-state index in [4.69, 9.17) is 0 Å². The fourth-order valence-electron chi connectivity index (χ4n) is 0.358. The molecule has 0 bridgehead atoms. The second-order valence-corrected chi connectivity index (χ2v) is 2.15. The minimum Gasteiger partial charge on any atom is -0.366 e. The quantitative estimate of drug-likeness (QED) is 0.562. The molecule has 1 aliphatic rings. The van der Waals surface area contributed by atoms with E-state index >= 15 is 0 Å². The topological polar surface area (TPSA) is 29.1 Å². The van der Waals surface area contributed by atoms with E-state index in [9.17, 15) is 4.79 Å². The van der Waals surface area contributed by atoms with Gasteiger partial charge in [0.1, 0.15) is 0 Å². The molecule has 0 saturated carbocycles. The molecule has 0 saturated heterocycles. The summed E-state index contributed by atoms with van der Waals surface area (Å²) in [5, 5.41) is 4.55. The highest BCUT2D eigenvalue weighted by Gasteiger charge is 1.95. The molecule has 41 valence electrons. The zero-order chi connectivity index (χ0) is 5.82. The number of rotatable bonds is 1. The third kappa shape index (κ3) is 1.13. The Labute approximate surface area is 51.6 Å². The molecule has 1 aliphatic heterocycles. The Morgan fingerprint density at radius 1 is 1.75 bits per heavy atom. The molecule has 0 atom stereocenters. The van der Waals surface area contributed by atoms with Crippen molar-refractivity contribution in [1.29, 1.82) is 0 Å². The Kier molecular flexibility index (Phi) is 1.75. The molecule has 0 fully saturated rings. The van der Waals surface area contributed by atoms with Gasteiger partial charge in [-0.15, -0.1) is 0 Å². The maximum absolute atomic E-state index is 9.87. The van der Waals surface area contributed by atoms with Crippen molar-refractivity contribution >= 4 is 18.0 Å². The van der Waals surface area contributed by atoms with E-state index in [-0.39, 0.29) is 0 Å². The molecule has 0 aliphatic carbocycles. The van der Waals surface area contributed by atoms with E-state index in [1.165, 1.54) is 11.8 Å².